The van der Waals surface area contributed by atoms with Crippen LogP contribution in [0.4, 0.5) is 5.69 Å². The molecule has 0 bridgehead atoms. The number of amides is 1. The Balaban J connectivity index is 2.00. The first-order valence-electron chi connectivity index (χ1n) is 7.47. The van der Waals surface area contributed by atoms with E-state index in [0.717, 1.165) is 16.8 Å². The van der Waals surface area contributed by atoms with E-state index in [1.165, 1.54) is 0 Å². The number of benzene rings is 2. The van der Waals surface area contributed by atoms with Crippen LogP contribution in [-0.2, 0) is 11.2 Å². The molecule has 2 aromatic carbocycles. The minimum Gasteiger partial charge on any atom is -0.493 e. The number of fused-ring (bicyclic) bond motifs is 1. The second-order valence-corrected chi connectivity index (χ2v) is 5.91. The van der Waals surface area contributed by atoms with E-state index in [1.54, 1.807) is 27.4 Å². The monoisotopic (exact) mass is 347 g/mol. The highest BCUT2D eigenvalue weighted by atomic mass is 35.5. The number of carbonyl (C=O) groups excluding carboxylic acids is 1. The maximum Gasteiger partial charge on any atom is 0.232 e. The molecule has 0 saturated heterocycles. The summed E-state index contributed by atoms with van der Waals surface area (Å²) in [5, 5.41) is 3.50. The molecule has 1 heterocycles. The number of nitrogens with one attached hydrogen (secondary N) is 1. The summed E-state index contributed by atoms with van der Waals surface area (Å²) in [5.41, 5.74) is 2.56. The summed E-state index contributed by atoms with van der Waals surface area (Å²) in [6.07, 6.45) is 0.475. The zero-order valence-electron chi connectivity index (χ0n) is 13.7. The third-order valence-corrected chi connectivity index (χ3v) is 4.41. The molecule has 0 aliphatic carbocycles. The predicted octanol–water partition coefficient (Wildman–Crippen LogP) is 3.64. The van der Waals surface area contributed by atoms with Gasteiger partial charge in [-0.3, -0.25) is 4.79 Å². The van der Waals surface area contributed by atoms with Gasteiger partial charge >= 0.3 is 0 Å². The third kappa shape index (κ3) is 2.76. The van der Waals surface area contributed by atoms with Crippen molar-refractivity contribution in [3.8, 4) is 17.2 Å². The number of hydrogen-bond donors (Lipinski definition) is 1. The lowest BCUT2D eigenvalue weighted by Gasteiger charge is -2.17. The van der Waals surface area contributed by atoms with Crippen LogP contribution in [0.2, 0.25) is 5.02 Å². The number of ether oxygens (including phenoxy) is 3. The Labute approximate surface area is 145 Å². The maximum atomic E-state index is 12.4. The van der Waals surface area contributed by atoms with Gasteiger partial charge in [-0.25, -0.2) is 0 Å². The van der Waals surface area contributed by atoms with E-state index in [0.29, 0.717) is 28.7 Å². The first kappa shape index (κ1) is 16.5. The summed E-state index contributed by atoms with van der Waals surface area (Å²) in [6.45, 7) is 0. The van der Waals surface area contributed by atoms with Gasteiger partial charge in [0.1, 0.15) is 0 Å². The van der Waals surface area contributed by atoms with Crippen molar-refractivity contribution in [3.63, 3.8) is 0 Å². The van der Waals surface area contributed by atoms with Crippen LogP contribution in [0.3, 0.4) is 0 Å². The Morgan fingerprint density at radius 3 is 2.46 bits per heavy atom. The minimum atomic E-state index is -0.328. The molecule has 0 unspecified atom stereocenters. The van der Waals surface area contributed by atoms with Crippen LogP contribution >= 0.6 is 11.6 Å². The Hall–Kier alpha value is -2.40. The van der Waals surface area contributed by atoms with E-state index in [1.807, 2.05) is 24.3 Å². The molecule has 0 radical (unpaired) electrons. The highest BCUT2D eigenvalue weighted by molar-refractivity contribution is 6.31. The van der Waals surface area contributed by atoms with Crippen LogP contribution in [0, 0.1) is 0 Å². The van der Waals surface area contributed by atoms with Crippen molar-refractivity contribution in [2.24, 2.45) is 0 Å². The van der Waals surface area contributed by atoms with Gasteiger partial charge < -0.3 is 19.5 Å². The lowest BCUT2D eigenvalue weighted by Crippen LogP contribution is -2.15. The van der Waals surface area contributed by atoms with Crippen molar-refractivity contribution >= 4 is 23.2 Å². The van der Waals surface area contributed by atoms with Gasteiger partial charge in [0.2, 0.25) is 11.7 Å². The molecule has 0 aromatic heterocycles. The third-order valence-electron chi connectivity index (χ3n) is 4.17. The molecule has 6 heteroatoms. The molecule has 1 atom stereocenters. The largest absolute Gasteiger partial charge is 0.493 e. The average Bonchev–Trinajstić information content (AvgIpc) is 2.89. The van der Waals surface area contributed by atoms with E-state index in [4.69, 9.17) is 25.8 Å². The SMILES string of the molecule is COc1ccc(C[C@@H]2C(=O)Nc3ccc(Cl)cc32)c(OC)c1OC. The summed E-state index contributed by atoms with van der Waals surface area (Å²) in [5.74, 6) is 1.29. The minimum absolute atomic E-state index is 0.0518. The number of hydrogen-bond acceptors (Lipinski definition) is 4. The van der Waals surface area contributed by atoms with Crippen LogP contribution in [0.5, 0.6) is 17.2 Å². The molecule has 1 aliphatic heterocycles. The smallest absolute Gasteiger partial charge is 0.232 e. The topological polar surface area (TPSA) is 56.8 Å². The fourth-order valence-electron chi connectivity index (χ4n) is 3.04. The fourth-order valence-corrected chi connectivity index (χ4v) is 3.22. The molecule has 2 aromatic rings. The van der Waals surface area contributed by atoms with Gasteiger partial charge in [-0.1, -0.05) is 17.7 Å². The molecule has 1 N–H and O–H groups in total. The van der Waals surface area contributed by atoms with Crippen LogP contribution in [0.25, 0.3) is 0 Å². The summed E-state index contributed by atoms with van der Waals surface area (Å²) >= 11 is 6.08. The average molecular weight is 348 g/mol. The quantitative estimate of drug-likeness (QED) is 0.897. The Morgan fingerprint density at radius 1 is 1.04 bits per heavy atom. The molecule has 3 rings (SSSR count). The molecule has 5 nitrogen and oxygen atoms in total. The maximum absolute atomic E-state index is 12.4. The second kappa shape index (κ2) is 6.61. The highest BCUT2D eigenvalue weighted by Gasteiger charge is 2.32. The summed E-state index contributed by atoms with van der Waals surface area (Å²) in [4.78, 5) is 12.4. The van der Waals surface area contributed by atoms with E-state index >= 15 is 0 Å². The first-order valence-corrected chi connectivity index (χ1v) is 7.85. The van der Waals surface area contributed by atoms with Gasteiger partial charge in [0, 0.05) is 10.7 Å². The zero-order valence-corrected chi connectivity index (χ0v) is 14.4. The number of methoxy groups -OCH3 is 3. The van der Waals surface area contributed by atoms with Crippen molar-refractivity contribution in [3.05, 3.63) is 46.5 Å². The summed E-state index contributed by atoms with van der Waals surface area (Å²) < 4.78 is 16.2. The second-order valence-electron chi connectivity index (χ2n) is 5.47. The van der Waals surface area contributed by atoms with Crippen LogP contribution in [-0.4, -0.2) is 27.2 Å². The van der Waals surface area contributed by atoms with Crippen molar-refractivity contribution < 1.29 is 19.0 Å². The number of anilines is 1. The van der Waals surface area contributed by atoms with Gasteiger partial charge in [0.25, 0.3) is 0 Å². The molecule has 0 fully saturated rings. The van der Waals surface area contributed by atoms with E-state index in [2.05, 4.69) is 5.32 Å². The Kier molecular flexibility index (Phi) is 4.53. The van der Waals surface area contributed by atoms with Crippen LogP contribution < -0.4 is 19.5 Å². The van der Waals surface area contributed by atoms with Gasteiger partial charge in [-0.05, 0) is 41.8 Å². The molecular formula is C18H18ClNO4. The first-order chi connectivity index (χ1) is 11.6. The van der Waals surface area contributed by atoms with Crippen molar-refractivity contribution in [1.29, 1.82) is 0 Å². The normalized spacial score (nSPS) is 15.7. The van der Waals surface area contributed by atoms with Gasteiger partial charge in [-0.2, -0.15) is 0 Å². The molecule has 24 heavy (non-hydrogen) atoms. The highest BCUT2D eigenvalue weighted by Crippen LogP contribution is 2.43. The molecule has 1 aliphatic rings. The fraction of sp³-hybridized carbons (Fsp3) is 0.278. The van der Waals surface area contributed by atoms with Crippen LogP contribution in [0.1, 0.15) is 17.0 Å². The van der Waals surface area contributed by atoms with Crippen molar-refractivity contribution in [2.75, 3.05) is 26.6 Å². The lowest BCUT2D eigenvalue weighted by molar-refractivity contribution is -0.117. The Morgan fingerprint density at radius 2 is 1.79 bits per heavy atom. The van der Waals surface area contributed by atoms with Crippen LogP contribution in [0.15, 0.2) is 30.3 Å². The van der Waals surface area contributed by atoms with Crippen molar-refractivity contribution in [1.82, 2.24) is 0 Å². The zero-order chi connectivity index (χ0) is 17.3. The Bertz CT molecular complexity index is 791. The molecule has 1 amide bonds. The van der Waals surface area contributed by atoms with Gasteiger partial charge in [-0.15, -0.1) is 0 Å². The van der Waals surface area contributed by atoms with E-state index in [-0.39, 0.29) is 11.8 Å². The molecule has 0 spiro atoms. The predicted molar refractivity (Wildman–Crippen MR) is 92.6 cm³/mol. The standard InChI is InChI=1S/C18H18ClNO4/c1-22-15-7-4-10(16(23-2)17(15)24-3)8-13-12-9-11(19)5-6-14(12)20-18(13)21/h4-7,9,13H,8H2,1-3H3,(H,20,21)/t13-/m0/s1. The van der Waals surface area contributed by atoms with Gasteiger partial charge in [0.15, 0.2) is 11.5 Å². The number of carbonyl (C=O) groups is 1. The molecule has 126 valence electrons. The van der Waals surface area contributed by atoms with E-state index in [9.17, 15) is 4.79 Å². The molecule has 0 saturated carbocycles. The van der Waals surface area contributed by atoms with Gasteiger partial charge in [0.05, 0.1) is 27.2 Å². The molecular weight excluding hydrogens is 330 g/mol. The summed E-state index contributed by atoms with van der Waals surface area (Å²) in [7, 11) is 4.70. The van der Waals surface area contributed by atoms with E-state index < -0.39 is 0 Å². The van der Waals surface area contributed by atoms with Crippen molar-refractivity contribution in [2.45, 2.75) is 12.3 Å². The lowest BCUT2D eigenvalue weighted by atomic mass is 9.92. The number of rotatable bonds is 5. The number of halogens is 1. The summed E-state index contributed by atoms with van der Waals surface area (Å²) in [6, 6.07) is 9.10.